The van der Waals surface area contributed by atoms with Crippen molar-refractivity contribution in [3.63, 3.8) is 0 Å². The highest BCUT2D eigenvalue weighted by Crippen LogP contribution is 2.25. The summed E-state index contributed by atoms with van der Waals surface area (Å²) in [6.07, 6.45) is 3.25. The van der Waals surface area contributed by atoms with Gasteiger partial charge in [-0.3, -0.25) is 0 Å². The van der Waals surface area contributed by atoms with Gasteiger partial charge in [-0.15, -0.1) is 0 Å². The van der Waals surface area contributed by atoms with E-state index in [0.29, 0.717) is 0 Å². The molecule has 4 nitrogen and oxygen atoms in total. The second-order valence-electron chi connectivity index (χ2n) is 4.07. The molecule has 0 aliphatic carbocycles. The normalized spacial score (nSPS) is 11.8. The minimum atomic E-state index is -0.361. The first kappa shape index (κ1) is 8.64. The van der Waals surface area contributed by atoms with Crippen molar-refractivity contribution in [2.24, 2.45) is 0 Å². The van der Waals surface area contributed by atoms with Crippen molar-refractivity contribution >= 4 is 27.3 Å². The van der Waals surface area contributed by atoms with Crippen LogP contribution in [0.25, 0.3) is 27.3 Å². The van der Waals surface area contributed by atoms with Crippen molar-refractivity contribution < 1.29 is 4.42 Å². The van der Waals surface area contributed by atoms with Gasteiger partial charge in [-0.1, -0.05) is 18.2 Å². The fourth-order valence-electron chi connectivity index (χ4n) is 2.28. The molecule has 0 atom stereocenters. The molecule has 0 aliphatic rings. The van der Waals surface area contributed by atoms with E-state index < -0.39 is 0 Å². The number of oxazole rings is 1. The maximum absolute atomic E-state index is 11.4. The molecule has 0 saturated carbocycles. The highest BCUT2D eigenvalue weighted by Gasteiger charge is 2.07. The Kier molecular flexibility index (Phi) is 1.42. The predicted molar refractivity (Wildman–Crippen MR) is 65.3 cm³/mol. The van der Waals surface area contributed by atoms with Gasteiger partial charge in [0.05, 0.1) is 11.0 Å². The number of para-hydroxylation sites is 1. The summed E-state index contributed by atoms with van der Waals surface area (Å²) < 4.78 is 6.36. The van der Waals surface area contributed by atoms with Gasteiger partial charge in [-0.25, -0.2) is 9.20 Å². The molecule has 0 saturated heterocycles. The number of rotatable bonds is 0. The average Bonchev–Trinajstić information content (AvgIpc) is 2.88. The molecule has 0 unspecified atom stereocenters. The number of pyridine rings is 1. The number of nitrogens with one attached hydrogen (secondary N) is 1. The van der Waals surface area contributed by atoms with Gasteiger partial charge in [0.25, 0.3) is 0 Å². The van der Waals surface area contributed by atoms with E-state index in [0.717, 1.165) is 27.3 Å². The zero-order valence-electron chi connectivity index (χ0n) is 8.81. The summed E-state index contributed by atoms with van der Waals surface area (Å²) in [5.74, 6) is -0.361. The van der Waals surface area contributed by atoms with Gasteiger partial charge in [0.15, 0.2) is 0 Å². The first-order chi connectivity index (χ1) is 8.33. The van der Waals surface area contributed by atoms with Crippen LogP contribution in [0.15, 0.2) is 52.0 Å². The molecule has 4 rings (SSSR count). The molecular weight excluding hydrogens is 216 g/mol. The molecular formula is C13H8N2O2. The van der Waals surface area contributed by atoms with E-state index >= 15 is 0 Å². The van der Waals surface area contributed by atoms with E-state index in [1.54, 1.807) is 6.20 Å². The highest BCUT2D eigenvalue weighted by molar-refractivity contribution is 6.08. The van der Waals surface area contributed by atoms with E-state index in [1.165, 1.54) is 10.7 Å². The van der Waals surface area contributed by atoms with Crippen LogP contribution in [0.4, 0.5) is 0 Å². The molecule has 0 aliphatic heterocycles. The lowest BCUT2D eigenvalue weighted by atomic mass is 10.2. The van der Waals surface area contributed by atoms with Crippen LogP contribution in [0.1, 0.15) is 0 Å². The third-order valence-electron chi connectivity index (χ3n) is 3.08. The number of aromatic amines is 1. The van der Waals surface area contributed by atoms with Gasteiger partial charge in [-0.2, -0.15) is 0 Å². The van der Waals surface area contributed by atoms with E-state index in [-0.39, 0.29) is 5.76 Å². The standard InChI is InChI=1S/C13H8N2O2/c16-13-15-6-12-10(5-8(15)7-17-13)9-3-1-2-4-11(9)14-12/h1-7,14H. The minimum absolute atomic E-state index is 0.361. The van der Waals surface area contributed by atoms with E-state index in [9.17, 15) is 4.79 Å². The van der Waals surface area contributed by atoms with Crippen LogP contribution in [-0.2, 0) is 0 Å². The first-order valence-electron chi connectivity index (χ1n) is 5.33. The number of H-pyrrole nitrogens is 1. The van der Waals surface area contributed by atoms with Crippen LogP contribution in [-0.4, -0.2) is 9.38 Å². The lowest BCUT2D eigenvalue weighted by molar-refractivity contribution is 0.508. The van der Waals surface area contributed by atoms with Gasteiger partial charge in [0.1, 0.15) is 6.26 Å². The molecule has 17 heavy (non-hydrogen) atoms. The van der Waals surface area contributed by atoms with Crippen LogP contribution < -0.4 is 5.76 Å². The van der Waals surface area contributed by atoms with Gasteiger partial charge in [0, 0.05) is 22.5 Å². The quantitative estimate of drug-likeness (QED) is 0.499. The van der Waals surface area contributed by atoms with Crippen LogP contribution in [0.5, 0.6) is 0 Å². The molecule has 0 fully saturated rings. The van der Waals surface area contributed by atoms with Crippen molar-refractivity contribution in [1.82, 2.24) is 9.38 Å². The molecule has 0 radical (unpaired) electrons. The predicted octanol–water partition coefficient (Wildman–Crippen LogP) is 2.53. The van der Waals surface area contributed by atoms with Gasteiger partial charge >= 0.3 is 5.76 Å². The monoisotopic (exact) mass is 224 g/mol. The molecule has 82 valence electrons. The number of hydrogen-bond acceptors (Lipinski definition) is 2. The van der Waals surface area contributed by atoms with E-state index in [2.05, 4.69) is 11.1 Å². The van der Waals surface area contributed by atoms with Crippen molar-refractivity contribution in [3.8, 4) is 0 Å². The lowest BCUT2D eigenvalue weighted by Crippen LogP contribution is -2.04. The molecule has 1 N–H and O–H groups in total. The fourth-order valence-corrected chi connectivity index (χ4v) is 2.28. The van der Waals surface area contributed by atoms with Crippen molar-refractivity contribution in [1.29, 1.82) is 0 Å². The van der Waals surface area contributed by atoms with Crippen molar-refractivity contribution in [3.05, 3.63) is 53.3 Å². The summed E-state index contributed by atoms with van der Waals surface area (Å²) in [6, 6.07) is 10.0. The SMILES string of the molecule is O=c1occ2cc3c(cn12)[nH]c1ccccc13. The minimum Gasteiger partial charge on any atom is -0.415 e. The molecule has 0 spiro atoms. The molecule has 0 bridgehead atoms. The van der Waals surface area contributed by atoms with Crippen LogP contribution in [0, 0.1) is 0 Å². The first-order valence-corrected chi connectivity index (χ1v) is 5.33. The Labute approximate surface area is 95.1 Å². The Hall–Kier alpha value is -2.49. The van der Waals surface area contributed by atoms with Gasteiger partial charge in [0.2, 0.25) is 0 Å². The lowest BCUT2D eigenvalue weighted by Gasteiger charge is -1.92. The topological polar surface area (TPSA) is 50.4 Å². The largest absolute Gasteiger partial charge is 0.423 e. The Balaban J connectivity index is 2.33. The Morgan fingerprint density at radius 1 is 1.12 bits per heavy atom. The van der Waals surface area contributed by atoms with E-state index in [1.807, 2.05) is 24.3 Å². The number of hydrogen-bond donors (Lipinski definition) is 1. The highest BCUT2D eigenvalue weighted by atomic mass is 16.4. The zero-order chi connectivity index (χ0) is 11.4. The third-order valence-corrected chi connectivity index (χ3v) is 3.08. The smallest absolute Gasteiger partial charge is 0.415 e. The summed E-state index contributed by atoms with van der Waals surface area (Å²) in [6.45, 7) is 0. The number of fused-ring (bicyclic) bond motifs is 4. The van der Waals surface area contributed by atoms with Crippen molar-refractivity contribution in [2.75, 3.05) is 0 Å². The second-order valence-corrected chi connectivity index (χ2v) is 4.07. The van der Waals surface area contributed by atoms with Gasteiger partial charge in [-0.05, 0) is 12.1 Å². The zero-order valence-corrected chi connectivity index (χ0v) is 8.81. The maximum Gasteiger partial charge on any atom is 0.423 e. The van der Waals surface area contributed by atoms with Crippen LogP contribution in [0.3, 0.4) is 0 Å². The Morgan fingerprint density at radius 2 is 2.00 bits per heavy atom. The summed E-state index contributed by atoms with van der Waals surface area (Å²) in [5.41, 5.74) is 2.77. The maximum atomic E-state index is 11.4. The number of aromatic nitrogens is 2. The number of benzene rings is 1. The number of nitrogens with zero attached hydrogens (tertiary/aromatic N) is 1. The second kappa shape index (κ2) is 2.79. The Bertz CT molecular complexity index is 911. The molecule has 4 heteroatoms. The Morgan fingerprint density at radius 3 is 2.94 bits per heavy atom. The molecule has 1 aromatic carbocycles. The molecule has 0 amide bonds. The van der Waals surface area contributed by atoms with Gasteiger partial charge < -0.3 is 9.40 Å². The summed E-state index contributed by atoms with van der Waals surface area (Å²) in [7, 11) is 0. The van der Waals surface area contributed by atoms with Crippen LogP contribution >= 0.6 is 0 Å². The third kappa shape index (κ3) is 1.04. The molecule has 4 aromatic rings. The summed E-state index contributed by atoms with van der Waals surface area (Å²) in [4.78, 5) is 14.7. The fraction of sp³-hybridized carbons (Fsp3) is 0. The van der Waals surface area contributed by atoms with E-state index in [4.69, 9.17) is 4.42 Å². The van der Waals surface area contributed by atoms with Crippen LogP contribution in [0.2, 0.25) is 0 Å². The summed E-state index contributed by atoms with van der Waals surface area (Å²) >= 11 is 0. The molecule has 3 heterocycles. The van der Waals surface area contributed by atoms with Crippen molar-refractivity contribution in [2.45, 2.75) is 0 Å². The average molecular weight is 224 g/mol. The molecule has 3 aromatic heterocycles. The summed E-state index contributed by atoms with van der Waals surface area (Å²) in [5, 5.41) is 2.25.